The Balaban J connectivity index is 1.87. The first-order chi connectivity index (χ1) is 10.7. The Bertz CT molecular complexity index is 569. The van der Waals surface area contributed by atoms with Crippen molar-refractivity contribution in [1.29, 1.82) is 0 Å². The first kappa shape index (κ1) is 17.4. The Kier molecular flexibility index (Phi) is 5.02. The van der Waals surface area contributed by atoms with Crippen molar-refractivity contribution in [3.8, 4) is 11.5 Å². The molecule has 0 atom stereocenters. The van der Waals surface area contributed by atoms with E-state index in [9.17, 15) is 0 Å². The van der Waals surface area contributed by atoms with Crippen LogP contribution >= 0.6 is 0 Å². The fraction of sp³-hybridized carbons (Fsp3) is 0.333. The summed E-state index contributed by atoms with van der Waals surface area (Å²) in [6.07, 6.45) is 0. The van der Waals surface area contributed by atoms with E-state index in [0.29, 0.717) is 0 Å². The van der Waals surface area contributed by atoms with Crippen LogP contribution in [0.2, 0.25) is 0 Å². The first-order valence-corrected chi connectivity index (χ1v) is 7.76. The van der Waals surface area contributed by atoms with Gasteiger partial charge in [-0.25, -0.2) is 0 Å². The first-order valence-electron chi connectivity index (χ1n) is 7.76. The van der Waals surface area contributed by atoms with Crippen molar-refractivity contribution in [1.82, 2.24) is 8.97 Å². The fourth-order valence-electron chi connectivity index (χ4n) is 2.14. The minimum atomic E-state index is 0.202. The van der Waals surface area contributed by atoms with E-state index in [0.717, 1.165) is 20.5 Å². The zero-order valence-corrected chi connectivity index (χ0v) is 15.0. The van der Waals surface area contributed by atoms with Crippen molar-refractivity contribution >= 4 is 19.1 Å². The second-order valence-corrected chi connectivity index (χ2v) is 7.42. The summed E-state index contributed by atoms with van der Waals surface area (Å²) >= 11 is 0. The smallest absolute Gasteiger partial charge is 0.529 e. The van der Waals surface area contributed by atoms with Gasteiger partial charge < -0.3 is 9.31 Å². The van der Waals surface area contributed by atoms with Gasteiger partial charge >= 0.3 is 7.69 Å². The van der Waals surface area contributed by atoms with Crippen molar-refractivity contribution in [2.75, 3.05) is 42.3 Å². The van der Waals surface area contributed by atoms with Gasteiger partial charge in [-0.3, -0.25) is 8.97 Å². The van der Waals surface area contributed by atoms with E-state index in [2.05, 4.69) is 66.6 Å². The van der Waals surface area contributed by atoms with Gasteiger partial charge in [-0.05, 0) is 24.3 Å². The topological polar surface area (TPSA) is 18.5 Å². The lowest BCUT2D eigenvalue weighted by molar-refractivity contribution is 0.455. The molecule has 0 amide bonds. The lowest BCUT2D eigenvalue weighted by Gasteiger charge is -2.23. The molecule has 0 bridgehead atoms. The predicted octanol–water partition coefficient (Wildman–Crippen LogP) is 2.80. The van der Waals surface area contributed by atoms with E-state index in [1.165, 1.54) is 11.4 Å². The molecule has 2 aromatic rings. The Labute approximate surface area is 140 Å². The van der Waals surface area contributed by atoms with E-state index in [1.807, 2.05) is 24.3 Å². The Morgan fingerprint density at radius 3 is 1.13 bits per heavy atom. The largest absolute Gasteiger partial charge is 0.576 e. The summed E-state index contributed by atoms with van der Waals surface area (Å²) in [5, 5.41) is 0. The number of benzene rings is 2. The van der Waals surface area contributed by atoms with Crippen molar-refractivity contribution in [3.05, 3.63) is 48.5 Å². The van der Waals surface area contributed by atoms with Gasteiger partial charge in [-0.1, -0.05) is 0 Å². The molecule has 0 saturated heterocycles. The van der Waals surface area contributed by atoms with Crippen LogP contribution in [0.15, 0.2) is 48.5 Å². The van der Waals surface area contributed by atoms with Gasteiger partial charge in [0.25, 0.3) is 0 Å². The average molecular weight is 314 g/mol. The quantitative estimate of drug-likeness (QED) is 0.603. The van der Waals surface area contributed by atoms with Crippen LogP contribution in [0.3, 0.4) is 0 Å². The van der Waals surface area contributed by atoms with Crippen molar-refractivity contribution in [3.63, 3.8) is 0 Å². The van der Waals surface area contributed by atoms with E-state index in [-0.39, 0.29) is 7.69 Å². The van der Waals surface area contributed by atoms with Crippen LogP contribution in [0, 0.1) is 0 Å². The molecular weight excluding hydrogens is 287 g/mol. The zero-order chi connectivity index (χ0) is 17.1. The Morgan fingerprint density at radius 1 is 0.565 bits per heavy atom. The van der Waals surface area contributed by atoms with Gasteiger partial charge in [0, 0.05) is 24.3 Å². The van der Waals surface area contributed by atoms with Gasteiger partial charge in [0.2, 0.25) is 0 Å². The van der Waals surface area contributed by atoms with Crippen molar-refractivity contribution < 1.29 is 9.31 Å². The summed E-state index contributed by atoms with van der Waals surface area (Å²) in [5.41, 5.74) is 2.46. The number of nitrogens with zero attached hydrogens (tertiary/aromatic N) is 2. The SMILES string of the molecule is C[N+](C)(C)c1ccc(OBOc2ccc([N+](C)(C)C)cc2)cc1. The molecule has 0 aliphatic carbocycles. The molecule has 0 saturated carbocycles. The van der Waals surface area contributed by atoms with Gasteiger partial charge in [-0.15, -0.1) is 0 Å². The number of hydrogen-bond acceptors (Lipinski definition) is 2. The Morgan fingerprint density at radius 2 is 0.870 bits per heavy atom. The molecule has 0 aliphatic rings. The number of hydrogen-bond donors (Lipinski definition) is 0. The van der Waals surface area contributed by atoms with E-state index in [1.54, 1.807) is 0 Å². The Hall–Kier alpha value is -1.98. The van der Waals surface area contributed by atoms with Crippen molar-refractivity contribution in [2.45, 2.75) is 0 Å². The van der Waals surface area contributed by atoms with Gasteiger partial charge in [0.15, 0.2) is 0 Å². The molecule has 0 heterocycles. The number of quaternary nitrogens is 2. The molecule has 0 aliphatic heterocycles. The third-order valence-electron chi connectivity index (χ3n) is 3.67. The maximum Gasteiger partial charge on any atom is 0.576 e. The highest BCUT2D eigenvalue weighted by Crippen LogP contribution is 2.22. The van der Waals surface area contributed by atoms with E-state index >= 15 is 0 Å². The van der Waals surface area contributed by atoms with Crippen molar-refractivity contribution in [2.24, 2.45) is 0 Å². The van der Waals surface area contributed by atoms with E-state index in [4.69, 9.17) is 9.31 Å². The van der Waals surface area contributed by atoms with Gasteiger partial charge in [0.05, 0.1) is 42.3 Å². The molecule has 0 radical (unpaired) electrons. The molecule has 2 aromatic carbocycles. The maximum absolute atomic E-state index is 5.64. The summed E-state index contributed by atoms with van der Waals surface area (Å²) in [5.74, 6) is 1.62. The van der Waals surface area contributed by atoms with Gasteiger partial charge in [0.1, 0.15) is 22.9 Å². The highest BCUT2D eigenvalue weighted by atomic mass is 16.6. The predicted molar refractivity (Wildman–Crippen MR) is 100 cm³/mol. The second-order valence-electron chi connectivity index (χ2n) is 7.42. The monoisotopic (exact) mass is 314 g/mol. The van der Waals surface area contributed by atoms with Crippen LogP contribution in [-0.2, 0) is 0 Å². The average Bonchev–Trinajstić information content (AvgIpc) is 2.46. The lowest BCUT2D eigenvalue weighted by Crippen LogP contribution is -2.34. The molecule has 0 fully saturated rings. The summed E-state index contributed by atoms with van der Waals surface area (Å²) < 4.78 is 12.9. The molecular formula is C18H27BN2O2+2. The molecule has 5 heteroatoms. The summed E-state index contributed by atoms with van der Waals surface area (Å²) in [6, 6.07) is 16.2. The minimum absolute atomic E-state index is 0.202. The fourth-order valence-corrected chi connectivity index (χ4v) is 2.14. The molecule has 0 spiro atoms. The third-order valence-corrected chi connectivity index (χ3v) is 3.67. The highest BCUT2D eigenvalue weighted by molar-refractivity contribution is 6.20. The lowest BCUT2D eigenvalue weighted by atomic mass is 10.2. The second kappa shape index (κ2) is 6.65. The third kappa shape index (κ3) is 5.01. The van der Waals surface area contributed by atoms with Gasteiger partial charge in [-0.2, -0.15) is 0 Å². The van der Waals surface area contributed by atoms with E-state index < -0.39 is 0 Å². The summed E-state index contributed by atoms with van der Waals surface area (Å²) in [4.78, 5) is 0. The normalized spacial score (nSPS) is 11.9. The molecule has 0 N–H and O–H groups in total. The minimum Gasteiger partial charge on any atom is -0.529 e. The molecule has 122 valence electrons. The molecule has 2 rings (SSSR count). The molecule has 0 aromatic heterocycles. The van der Waals surface area contributed by atoms with Crippen LogP contribution in [0.25, 0.3) is 0 Å². The number of rotatable bonds is 6. The zero-order valence-electron chi connectivity index (χ0n) is 15.0. The van der Waals surface area contributed by atoms with Crippen LogP contribution in [-0.4, -0.2) is 50.0 Å². The van der Waals surface area contributed by atoms with Crippen LogP contribution in [0.5, 0.6) is 11.5 Å². The summed E-state index contributed by atoms with van der Waals surface area (Å²) in [7, 11) is 13.0. The van der Waals surface area contributed by atoms with Crippen LogP contribution in [0.4, 0.5) is 11.4 Å². The van der Waals surface area contributed by atoms with Crippen LogP contribution < -0.4 is 18.3 Å². The van der Waals surface area contributed by atoms with Crippen LogP contribution in [0.1, 0.15) is 0 Å². The highest BCUT2D eigenvalue weighted by Gasteiger charge is 2.12. The molecule has 4 nitrogen and oxygen atoms in total. The maximum atomic E-state index is 5.64. The molecule has 23 heavy (non-hydrogen) atoms. The molecule has 0 unspecified atom stereocenters. The summed E-state index contributed by atoms with van der Waals surface area (Å²) in [6.45, 7) is 0. The standard InChI is InChI=1S/C18H27BN2O2/c1-20(2,3)15-7-11-17(12-8-15)22-19-23-18-13-9-16(10-14-18)21(4,5)6/h7-14,19H,1-6H3/q+2.